The molecule has 1 N–H and O–H groups in total. The first-order valence-corrected chi connectivity index (χ1v) is 8.07. The van der Waals surface area contributed by atoms with E-state index >= 15 is 0 Å². The zero-order chi connectivity index (χ0) is 18.1. The highest BCUT2D eigenvalue weighted by molar-refractivity contribution is 6.39. The van der Waals surface area contributed by atoms with E-state index in [1.165, 1.54) is 25.3 Å². The predicted molar refractivity (Wildman–Crippen MR) is 96.3 cm³/mol. The summed E-state index contributed by atoms with van der Waals surface area (Å²) in [5, 5.41) is 14.7. The zero-order valence-electron chi connectivity index (χ0n) is 13.3. The van der Waals surface area contributed by atoms with Gasteiger partial charge in [0.1, 0.15) is 11.3 Å². The van der Waals surface area contributed by atoms with Crippen LogP contribution in [0.1, 0.15) is 12.5 Å². The first kappa shape index (κ1) is 17.3. The van der Waals surface area contributed by atoms with Gasteiger partial charge in [-0.25, -0.2) is 0 Å². The highest BCUT2D eigenvalue weighted by atomic mass is 35.5. The minimum Gasteiger partial charge on any atom is -0.494 e. The third kappa shape index (κ3) is 3.20. The van der Waals surface area contributed by atoms with E-state index in [0.29, 0.717) is 33.3 Å². The minimum atomic E-state index is -0.500. The van der Waals surface area contributed by atoms with Gasteiger partial charge in [-0.2, -0.15) is 4.98 Å². The maximum absolute atomic E-state index is 10.9. The van der Waals surface area contributed by atoms with Crippen molar-refractivity contribution in [2.45, 2.75) is 13.3 Å². The molecule has 7 nitrogen and oxygen atoms in total. The number of anilines is 2. The van der Waals surface area contributed by atoms with Crippen molar-refractivity contribution in [3.8, 4) is 5.75 Å². The highest BCUT2D eigenvalue weighted by Crippen LogP contribution is 2.37. The van der Waals surface area contributed by atoms with E-state index in [4.69, 9.17) is 32.4 Å². The molecule has 0 aliphatic rings. The second kappa shape index (κ2) is 6.78. The van der Waals surface area contributed by atoms with Gasteiger partial charge in [0.25, 0.3) is 11.7 Å². The van der Waals surface area contributed by atoms with Crippen LogP contribution in [0.25, 0.3) is 11.1 Å². The summed E-state index contributed by atoms with van der Waals surface area (Å²) in [5.74, 6) is 0.287. The Morgan fingerprint density at radius 1 is 1.36 bits per heavy atom. The number of non-ortho nitro benzene ring substituents is 1. The number of nitrogens with zero attached hydrogens (tertiary/aromatic N) is 2. The number of aromatic nitrogens is 1. The average molecular weight is 382 g/mol. The summed E-state index contributed by atoms with van der Waals surface area (Å²) in [4.78, 5) is 14.7. The molecule has 130 valence electrons. The summed E-state index contributed by atoms with van der Waals surface area (Å²) in [5.41, 5.74) is 2.10. The Morgan fingerprint density at radius 3 is 2.76 bits per heavy atom. The molecule has 0 aliphatic heterocycles. The van der Waals surface area contributed by atoms with Gasteiger partial charge in [0.2, 0.25) is 0 Å². The zero-order valence-corrected chi connectivity index (χ0v) is 14.8. The lowest BCUT2D eigenvalue weighted by Crippen LogP contribution is -1.96. The van der Waals surface area contributed by atoms with Crippen molar-refractivity contribution in [3.05, 3.63) is 50.0 Å². The molecule has 1 aromatic heterocycles. The lowest BCUT2D eigenvalue weighted by atomic mass is 10.1. The second-order valence-electron chi connectivity index (χ2n) is 5.14. The molecule has 0 spiro atoms. The molecule has 0 atom stereocenters. The van der Waals surface area contributed by atoms with Crippen LogP contribution in [-0.4, -0.2) is 17.0 Å². The topological polar surface area (TPSA) is 90.4 Å². The molecule has 0 radical (unpaired) electrons. The van der Waals surface area contributed by atoms with Crippen LogP contribution in [-0.2, 0) is 6.42 Å². The summed E-state index contributed by atoms with van der Waals surface area (Å²) < 4.78 is 10.9. The van der Waals surface area contributed by atoms with Crippen LogP contribution in [0.2, 0.25) is 10.0 Å². The lowest BCUT2D eigenvalue weighted by molar-refractivity contribution is -0.384. The maximum Gasteiger partial charge on any atom is 0.300 e. The number of fused-ring (bicyclic) bond motifs is 1. The molecule has 0 unspecified atom stereocenters. The van der Waals surface area contributed by atoms with E-state index in [9.17, 15) is 10.1 Å². The Labute approximate surface area is 152 Å². The van der Waals surface area contributed by atoms with Crippen molar-refractivity contribution < 1.29 is 14.1 Å². The average Bonchev–Trinajstić information content (AvgIpc) is 2.98. The fourth-order valence-electron chi connectivity index (χ4n) is 2.43. The van der Waals surface area contributed by atoms with Crippen molar-refractivity contribution in [1.82, 2.24) is 4.98 Å². The number of benzene rings is 2. The van der Waals surface area contributed by atoms with Gasteiger partial charge in [-0.3, -0.25) is 10.1 Å². The second-order valence-corrected chi connectivity index (χ2v) is 5.92. The Bertz CT molecular complexity index is 972. The van der Waals surface area contributed by atoms with E-state index in [2.05, 4.69) is 10.3 Å². The molecule has 9 heteroatoms. The SMILES string of the molecule is CCc1c(Cl)cc2nc(Nc3ccc([N+](=O)[O-])cc3OC)oc2c1Cl. The molecule has 1 heterocycles. The van der Waals surface area contributed by atoms with Crippen molar-refractivity contribution >= 4 is 51.7 Å². The molecule has 3 aromatic rings. The predicted octanol–water partition coefficient (Wildman–Crippen LogP) is 5.36. The molecule has 25 heavy (non-hydrogen) atoms. The molecule has 0 saturated carbocycles. The normalized spacial score (nSPS) is 10.9. The first-order valence-electron chi connectivity index (χ1n) is 7.31. The van der Waals surface area contributed by atoms with Crippen LogP contribution in [0.5, 0.6) is 5.75 Å². The van der Waals surface area contributed by atoms with Gasteiger partial charge in [-0.05, 0) is 24.1 Å². The van der Waals surface area contributed by atoms with Crippen LogP contribution >= 0.6 is 23.2 Å². The molecule has 2 aromatic carbocycles. The Hall–Kier alpha value is -2.51. The molecule has 3 rings (SSSR count). The van der Waals surface area contributed by atoms with Gasteiger partial charge in [0.05, 0.1) is 28.8 Å². The van der Waals surface area contributed by atoms with Crippen molar-refractivity contribution in [2.75, 3.05) is 12.4 Å². The van der Waals surface area contributed by atoms with E-state index in [0.717, 1.165) is 5.56 Å². The number of halogens is 2. The smallest absolute Gasteiger partial charge is 0.300 e. The third-order valence-corrected chi connectivity index (χ3v) is 4.40. The summed E-state index contributed by atoms with van der Waals surface area (Å²) in [6.07, 6.45) is 0.660. The van der Waals surface area contributed by atoms with Gasteiger partial charge in [0, 0.05) is 11.1 Å². The fraction of sp³-hybridized carbons (Fsp3) is 0.188. The number of oxazole rings is 1. The maximum atomic E-state index is 10.9. The number of rotatable bonds is 5. The van der Waals surface area contributed by atoms with Crippen molar-refractivity contribution in [2.24, 2.45) is 0 Å². The summed E-state index contributed by atoms with van der Waals surface area (Å²) in [6, 6.07) is 6.03. The molecule has 0 amide bonds. The summed E-state index contributed by atoms with van der Waals surface area (Å²) in [6.45, 7) is 1.94. The molecule has 0 bridgehead atoms. The van der Waals surface area contributed by atoms with Gasteiger partial charge >= 0.3 is 0 Å². The Kier molecular flexibility index (Phi) is 4.69. The molecule has 0 fully saturated rings. The van der Waals surface area contributed by atoms with Gasteiger partial charge in [-0.15, -0.1) is 0 Å². The van der Waals surface area contributed by atoms with Gasteiger partial charge in [-0.1, -0.05) is 30.1 Å². The van der Waals surface area contributed by atoms with E-state index in [1.807, 2.05) is 6.92 Å². The summed E-state index contributed by atoms with van der Waals surface area (Å²) in [7, 11) is 1.42. The van der Waals surface area contributed by atoms with Crippen LogP contribution in [0.4, 0.5) is 17.4 Å². The number of hydrogen-bond donors (Lipinski definition) is 1. The van der Waals surface area contributed by atoms with E-state index in [1.54, 1.807) is 6.07 Å². The minimum absolute atomic E-state index is 0.0811. The van der Waals surface area contributed by atoms with Gasteiger partial charge < -0.3 is 14.5 Å². The fourth-order valence-corrected chi connectivity index (χ4v) is 3.18. The third-order valence-electron chi connectivity index (χ3n) is 3.66. The van der Waals surface area contributed by atoms with Crippen molar-refractivity contribution in [3.63, 3.8) is 0 Å². The van der Waals surface area contributed by atoms with Crippen LogP contribution in [0.3, 0.4) is 0 Å². The summed E-state index contributed by atoms with van der Waals surface area (Å²) >= 11 is 12.5. The number of nitro benzene ring substituents is 1. The Morgan fingerprint density at radius 2 is 2.12 bits per heavy atom. The monoisotopic (exact) mass is 381 g/mol. The number of methoxy groups -OCH3 is 1. The number of nitrogens with one attached hydrogen (secondary N) is 1. The molecular weight excluding hydrogens is 369 g/mol. The number of hydrogen-bond acceptors (Lipinski definition) is 6. The van der Waals surface area contributed by atoms with Crippen LogP contribution in [0, 0.1) is 10.1 Å². The number of nitro groups is 1. The molecule has 0 aliphatic carbocycles. The first-order chi connectivity index (χ1) is 11.9. The van der Waals surface area contributed by atoms with Crippen LogP contribution < -0.4 is 10.1 Å². The standard InChI is InChI=1S/C16H13Cl2N3O4/c1-3-9-10(17)7-12-15(14(9)18)25-16(20-12)19-11-5-4-8(21(22)23)6-13(11)24-2/h4-7H,3H2,1-2H3,(H,19,20). The molecule has 0 saturated heterocycles. The van der Waals surface area contributed by atoms with E-state index in [-0.39, 0.29) is 17.5 Å². The largest absolute Gasteiger partial charge is 0.494 e. The number of ether oxygens (including phenoxy) is 1. The lowest BCUT2D eigenvalue weighted by Gasteiger charge is -2.07. The van der Waals surface area contributed by atoms with Gasteiger partial charge in [0.15, 0.2) is 5.58 Å². The molecular formula is C16H13Cl2N3O4. The Balaban J connectivity index is 2.01. The van der Waals surface area contributed by atoms with Crippen molar-refractivity contribution in [1.29, 1.82) is 0 Å². The highest BCUT2D eigenvalue weighted by Gasteiger charge is 2.17. The quantitative estimate of drug-likeness (QED) is 0.472. The van der Waals surface area contributed by atoms with Crippen LogP contribution in [0.15, 0.2) is 28.7 Å². The van der Waals surface area contributed by atoms with E-state index < -0.39 is 4.92 Å².